The molecule has 0 saturated carbocycles. The van der Waals surface area contributed by atoms with Crippen LogP contribution in [0, 0.1) is 6.92 Å². The maximum Gasteiger partial charge on any atom is 0.252 e. The number of amides is 1. The first-order chi connectivity index (χ1) is 15.6. The average Bonchev–Trinajstić information content (AvgIpc) is 3.40. The topological polar surface area (TPSA) is 90.5 Å². The average molecular weight is 446 g/mol. The highest BCUT2D eigenvalue weighted by molar-refractivity contribution is 6.06. The smallest absolute Gasteiger partial charge is 0.252 e. The second-order valence-electron chi connectivity index (χ2n) is 9.66. The quantitative estimate of drug-likeness (QED) is 0.481. The molecular formula is C25H31N7O. The van der Waals surface area contributed by atoms with Gasteiger partial charge in [-0.2, -0.15) is 10.2 Å². The summed E-state index contributed by atoms with van der Waals surface area (Å²) >= 11 is 0. The van der Waals surface area contributed by atoms with Crippen molar-refractivity contribution >= 4 is 16.9 Å². The fraction of sp³-hybridized carbons (Fsp3) is 0.400. The Kier molecular flexibility index (Phi) is 6.01. The molecule has 8 heteroatoms. The van der Waals surface area contributed by atoms with Crippen LogP contribution in [0.4, 0.5) is 0 Å². The van der Waals surface area contributed by atoms with Crippen LogP contribution in [-0.4, -0.2) is 35.4 Å². The fourth-order valence-electron chi connectivity index (χ4n) is 3.89. The first kappa shape index (κ1) is 22.6. The molecule has 172 valence electrons. The minimum absolute atomic E-state index is 0.128. The molecule has 4 rings (SSSR count). The second kappa shape index (κ2) is 8.77. The number of aromatic nitrogens is 6. The standard InChI is InChI=1S/C25H31N7O/c1-16(2)21-11-20(22-17(3)30-32(23(22)29-21)25(4,5)6)24(33)27-12-18-9-7-8-10-19(18)13-31-15-26-14-28-31/h7-11,14-16H,12-13H2,1-6H3,(H,27,33). The molecule has 0 saturated heterocycles. The van der Waals surface area contributed by atoms with Crippen LogP contribution >= 0.6 is 0 Å². The maximum atomic E-state index is 13.4. The Morgan fingerprint density at radius 2 is 1.88 bits per heavy atom. The monoisotopic (exact) mass is 445 g/mol. The van der Waals surface area contributed by atoms with Crippen molar-refractivity contribution in [1.82, 2.24) is 34.8 Å². The van der Waals surface area contributed by atoms with Gasteiger partial charge in [0.15, 0.2) is 5.65 Å². The summed E-state index contributed by atoms with van der Waals surface area (Å²) in [7, 11) is 0. The van der Waals surface area contributed by atoms with Crippen molar-refractivity contribution in [2.24, 2.45) is 0 Å². The van der Waals surface area contributed by atoms with Crippen molar-refractivity contribution in [3.8, 4) is 0 Å². The third-order valence-corrected chi connectivity index (χ3v) is 5.66. The van der Waals surface area contributed by atoms with Gasteiger partial charge >= 0.3 is 0 Å². The first-order valence-corrected chi connectivity index (χ1v) is 11.2. The Balaban J connectivity index is 1.67. The molecule has 0 aliphatic rings. The summed E-state index contributed by atoms with van der Waals surface area (Å²) in [5.74, 6) is 0.0596. The van der Waals surface area contributed by atoms with E-state index in [-0.39, 0.29) is 17.4 Å². The lowest BCUT2D eigenvalue weighted by atomic mass is 10.0. The van der Waals surface area contributed by atoms with E-state index < -0.39 is 0 Å². The third kappa shape index (κ3) is 4.65. The summed E-state index contributed by atoms with van der Waals surface area (Å²) in [5, 5.41) is 12.9. The van der Waals surface area contributed by atoms with E-state index in [1.165, 1.54) is 6.33 Å². The van der Waals surface area contributed by atoms with Gasteiger partial charge in [-0.3, -0.25) is 4.79 Å². The lowest BCUT2D eigenvalue weighted by Gasteiger charge is -2.20. The summed E-state index contributed by atoms with van der Waals surface area (Å²) in [5.41, 5.74) is 4.93. The number of carbonyl (C=O) groups excluding carboxylic acids is 1. The molecule has 0 radical (unpaired) electrons. The number of carbonyl (C=O) groups is 1. The van der Waals surface area contributed by atoms with Crippen molar-refractivity contribution in [1.29, 1.82) is 0 Å². The summed E-state index contributed by atoms with van der Waals surface area (Å²) in [4.78, 5) is 22.3. The summed E-state index contributed by atoms with van der Waals surface area (Å²) in [6, 6.07) is 9.94. The number of nitrogens with one attached hydrogen (secondary N) is 1. The van der Waals surface area contributed by atoms with Gasteiger partial charge in [-0.25, -0.2) is 19.3 Å². The van der Waals surface area contributed by atoms with Crippen LogP contribution in [0.15, 0.2) is 43.0 Å². The molecule has 0 atom stereocenters. The molecule has 8 nitrogen and oxygen atoms in total. The van der Waals surface area contributed by atoms with Gasteiger partial charge in [0.2, 0.25) is 0 Å². The van der Waals surface area contributed by atoms with Crippen molar-refractivity contribution in [2.75, 3.05) is 0 Å². The lowest BCUT2D eigenvalue weighted by molar-refractivity contribution is 0.0952. The number of hydrogen-bond donors (Lipinski definition) is 1. The Hall–Kier alpha value is -3.55. The number of benzene rings is 1. The molecule has 1 amide bonds. The number of hydrogen-bond acceptors (Lipinski definition) is 5. The molecule has 0 unspecified atom stereocenters. The van der Waals surface area contributed by atoms with Crippen LogP contribution in [0.1, 0.15) is 73.4 Å². The van der Waals surface area contributed by atoms with Gasteiger partial charge in [0.1, 0.15) is 12.7 Å². The maximum absolute atomic E-state index is 13.4. The molecule has 3 heterocycles. The molecule has 3 aromatic heterocycles. The highest BCUT2D eigenvalue weighted by Gasteiger charge is 2.25. The molecule has 4 aromatic rings. The number of rotatable bonds is 6. The SMILES string of the molecule is Cc1nn(C(C)(C)C)c2nc(C(C)C)cc(C(=O)NCc3ccccc3Cn3cncn3)c12. The molecule has 0 aliphatic heterocycles. The molecule has 1 N–H and O–H groups in total. The summed E-state index contributed by atoms with van der Waals surface area (Å²) in [6.07, 6.45) is 3.21. The van der Waals surface area contributed by atoms with Crippen LogP contribution in [-0.2, 0) is 18.6 Å². The minimum Gasteiger partial charge on any atom is -0.348 e. The van der Waals surface area contributed by atoms with E-state index >= 15 is 0 Å². The van der Waals surface area contributed by atoms with E-state index in [9.17, 15) is 4.79 Å². The van der Waals surface area contributed by atoms with Crippen LogP contribution in [0.5, 0.6) is 0 Å². The second-order valence-corrected chi connectivity index (χ2v) is 9.66. The Labute approximate surface area is 194 Å². The number of fused-ring (bicyclic) bond motifs is 1. The highest BCUT2D eigenvalue weighted by Crippen LogP contribution is 2.29. The van der Waals surface area contributed by atoms with Gasteiger partial charge < -0.3 is 5.32 Å². The lowest BCUT2D eigenvalue weighted by Crippen LogP contribution is -2.25. The van der Waals surface area contributed by atoms with Crippen LogP contribution in [0.25, 0.3) is 11.0 Å². The zero-order valence-electron chi connectivity index (χ0n) is 20.1. The molecule has 33 heavy (non-hydrogen) atoms. The van der Waals surface area contributed by atoms with Crippen LogP contribution in [0.3, 0.4) is 0 Å². The van der Waals surface area contributed by atoms with E-state index in [0.29, 0.717) is 18.7 Å². The van der Waals surface area contributed by atoms with E-state index in [0.717, 1.165) is 33.5 Å². The summed E-state index contributed by atoms with van der Waals surface area (Å²) in [6.45, 7) is 13.4. The Morgan fingerprint density at radius 1 is 1.15 bits per heavy atom. The third-order valence-electron chi connectivity index (χ3n) is 5.66. The first-order valence-electron chi connectivity index (χ1n) is 11.2. The number of aryl methyl sites for hydroxylation is 1. The van der Waals surface area contributed by atoms with Crippen LogP contribution < -0.4 is 5.32 Å². The van der Waals surface area contributed by atoms with Gasteiger partial charge in [-0.15, -0.1) is 0 Å². The van der Waals surface area contributed by atoms with E-state index in [2.05, 4.69) is 50.0 Å². The van der Waals surface area contributed by atoms with Gasteiger partial charge in [-0.1, -0.05) is 38.1 Å². The Morgan fingerprint density at radius 3 is 2.52 bits per heavy atom. The predicted octanol–water partition coefficient (Wildman–Crippen LogP) is 4.19. The number of nitrogens with zero attached hydrogens (tertiary/aromatic N) is 6. The fourth-order valence-corrected chi connectivity index (χ4v) is 3.89. The molecule has 0 bridgehead atoms. The van der Waals surface area contributed by atoms with Gasteiger partial charge in [0, 0.05) is 12.2 Å². The largest absolute Gasteiger partial charge is 0.348 e. The van der Waals surface area contributed by atoms with Crippen molar-refractivity contribution in [2.45, 2.75) is 66.1 Å². The van der Waals surface area contributed by atoms with Crippen molar-refractivity contribution in [3.63, 3.8) is 0 Å². The molecule has 0 aliphatic carbocycles. The zero-order valence-corrected chi connectivity index (χ0v) is 20.1. The molecule has 0 spiro atoms. The molecule has 0 fully saturated rings. The minimum atomic E-state index is -0.247. The van der Waals surface area contributed by atoms with Crippen LogP contribution in [0.2, 0.25) is 0 Å². The van der Waals surface area contributed by atoms with E-state index in [1.54, 1.807) is 11.0 Å². The predicted molar refractivity (Wildman–Crippen MR) is 128 cm³/mol. The highest BCUT2D eigenvalue weighted by atomic mass is 16.1. The molecule has 1 aromatic carbocycles. The molecular weight excluding hydrogens is 414 g/mol. The van der Waals surface area contributed by atoms with E-state index in [4.69, 9.17) is 10.1 Å². The van der Waals surface area contributed by atoms with E-state index in [1.807, 2.05) is 41.9 Å². The van der Waals surface area contributed by atoms with Gasteiger partial charge in [-0.05, 0) is 50.8 Å². The van der Waals surface area contributed by atoms with Crippen molar-refractivity contribution in [3.05, 3.63) is 71.1 Å². The Bertz CT molecular complexity index is 1280. The normalized spacial score (nSPS) is 12.0. The zero-order chi connectivity index (χ0) is 23.8. The number of pyridine rings is 1. The van der Waals surface area contributed by atoms with Crippen molar-refractivity contribution < 1.29 is 4.79 Å². The van der Waals surface area contributed by atoms with Gasteiger partial charge in [0.05, 0.1) is 28.7 Å². The summed E-state index contributed by atoms with van der Waals surface area (Å²) < 4.78 is 3.69. The van der Waals surface area contributed by atoms with Gasteiger partial charge in [0.25, 0.3) is 5.91 Å².